The van der Waals surface area contributed by atoms with Crippen LogP contribution in [0.1, 0.15) is 22.3 Å². The highest BCUT2D eigenvalue weighted by molar-refractivity contribution is 5.68. The summed E-state index contributed by atoms with van der Waals surface area (Å²) in [6, 6.07) is 26.7. The molecule has 0 bridgehead atoms. The van der Waals surface area contributed by atoms with Gasteiger partial charge in [-0.15, -0.1) is 0 Å². The van der Waals surface area contributed by atoms with Crippen molar-refractivity contribution in [1.29, 1.82) is 0 Å². The molecule has 2 atom stereocenters. The third-order valence-electron chi connectivity index (χ3n) is 6.26. The van der Waals surface area contributed by atoms with Crippen molar-refractivity contribution >= 4 is 12.2 Å². The van der Waals surface area contributed by atoms with Crippen LogP contribution in [0.5, 0.6) is 0 Å². The number of hydrogen-bond acceptors (Lipinski definition) is 7. The van der Waals surface area contributed by atoms with Gasteiger partial charge in [0, 0.05) is 61.1 Å². The summed E-state index contributed by atoms with van der Waals surface area (Å²) in [5.74, 6) is 0. The SMILES string of the molecule is O=C(N[C@@H](CNC[C@@H](Cc1ccccc1)NC(=O)OCc1cccnc1)Cc1ccccc1)OCc1cccnc1. The molecule has 0 radical (unpaired) electrons. The molecule has 2 aromatic carbocycles. The predicted octanol–water partition coefficient (Wildman–Crippen LogP) is 4.44. The van der Waals surface area contributed by atoms with E-state index in [0.717, 1.165) is 22.3 Å². The predicted molar refractivity (Wildman–Crippen MR) is 156 cm³/mol. The second-order valence-electron chi connectivity index (χ2n) is 9.60. The first-order valence-electron chi connectivity index (χ1n) is 13.6. The molecule has 4 aromatic rings. The molecule has 0 unspecified atom stereocenters. The topological polar surface area (TPSA) is 114 Å². The lowest BCUT2D eigenvalue weighted by Gasteiger charge is -2.23. The second-order valence-corrected chi connectivity index (χ2v) is 9.60. The first kappa shape index (κ1) is 29.2. The standard InChI is InChI=1S/C32H35N5O4/c38-31(40-23-27-13-7-15-33-19-27)36-29(17-25-9-3-1-4-10-25)21-35-22-30(18-26-11-5-2-6-12-26)37-32(39)41-24-28-14-8-16-34-20-28/h1-16,19-20,29-30,35H,17-18,21-24H2,(H,36,38)(H,37,39)/t29-,30-/m1/s1. The molecule has 4 rings (SSSR count). The molecule has 0 spiro atoms. The molecule has 0 aliphatic rings. The number of pyridine rings is 2. The summed E-state index contributed by atoms with van der Waals surface area (Å²) in [6.07, 6.45) is 6.89. The number of alkyl carbamates (subject to hydrolysis) is 2. The first-order valence-corrected chi connectivity index (χ1v) is 13.6. The van der Waals surface area contributed by atoms with Crippen LogP contribution in [0.25, 0.3) is 0 Å². The molecular formula is C32H35N5O4. The first-order chi connectivity index (χ1) is 20.1. The zero-order chi connectivity index (χ0) is 28.5. The minimum Gasteiger partial charge on any atom is -0.445 e. The van der Waals surface area contributed by atoms with Gasteiger partial charge < -0.3 is 25.4 Å². The zero-order valence-corrected chi connectivity index (χ0v) is 22.8. The van der Waals surface area contributed by atoms with E-state index in [9.17, 15) is 9.59 Å². The highest BCUT2D eigenvalue weighted by Gasteiger charge is 2.18. The molecule has 41 heavy (non-hydrogen) atoms. The van der Waals surface area contributed by atoms with E-state index in [-0.39, 0.29) is 25.3 Å². The monoisotopic (exact) mass is 553 g/mol. The number of aromatic nitrogens is 2. The molecule has 0 fully saturated rings. The third-order valence-corrected chi connectivity index (χ3v) is 6.26. The van der Waals surface area contributed by atoms with E-state index >= 15 is 0 Å². The second kappa shape index (κ2) is 16.4. The van der Waals surface area contributed by atoms with E-state index in [0.29, 0.717) is 25.9 Å². The van der Waals surface area contributed by atoms with Gasteiger partial charge in [-0.25, -0.2) is 9.59 Å². The number of carbonyl (C=O) groups excluding carboxylic acids is 2. The van der Waals surface area contributed by atoms with Gasteiger partial charge in [0.2, 0.25) is 0 Å². The van der Waals surface area contributed by atoms with Crippen LogP contribution in [0.4, 0.5) is 9.59 Å². The van der Waals surface area contributed by atoms with Crippen molar-refractivity contribution in [2.75, 3.05) is 13.1 Å². The summed E-state index contributed by atoms with van der Waals surface area (Å²) in [5.41, 5.74) is 3.80. The summed E-state index contributed by atoms with van der Waals surface area (Å²) in [7, 11) is 0. The Morgan fingerprint density at radius 2 is 1.00 bits per heavy atom. The van der Waals surface area contributed by atoms with Gasteiger partial charge in [0.15, 0.2) is 0 Å². The van der Waals surface area contributed by atoms with E-state index < -0.39 is 12.2 Å². The summed E-state index contributed by atoms with van der Waals surface area (Å²) >= 11 is 0. The molecular weight excluding hydrogens is 518 g/mol. The highest BCUT2D eigenvalue weighted by atomic mass is 16.6. The molecule has 3 N–H and O–H groups in total. The van der Waals surface area contributed by atoms with Crippen molar-refractivity contribution in [3.8, 4) is 0 Å². The summed E-state index contributed by atoms with van der Waals surface area (Å²) < 4.78 is 10.8. The van der Waals surface area contributed by atoms with Crippen LogP contribution < -0.4 is 16.0 Å². The van der Waals surface area contributed by atoms with Crippen LogP contribution in [0.15, 0.2) is 110 Å². The largest absolute Gasteiger partial charge is 0.445 e. The fourth-order valence-electron chi connectivity index (χ4n) is 4.26. The maximum absolute atomic E-state index is 12.6. The molecule has 2 aromatic heterocycles. The number of hydrogen-bond donors (Lipinski definition) is 3. The number of benzene rings is 2. The minimum absolute atomic E-state index is 0.134. The molecule has 212 valence electrons. The molecule has 0 aliphatic carbocycles. The lowest BCUT2D eigenvalue weighted by molar-refractivity contribution is 0.134. The van der Waals surface area contributed by atoms with E-state index in [1.807, 2.05) is 72.8 Å². The van der Waals surface area contributed by atoms with Gasteiger partial charge in [-0.1, -0.05) is 72.8 Å². The van der Waals surface area contributed by atoms with Crippen LogP contribution in [0.2, 0.25) is 0 Å². The molecule has 9 heteroatoms. The van der Waals surface area contributed by atoms with Gasteiger partial charge >= 0.3 is 12.2 Å². The number of nitrogens with zero attached hydrogens (tertiary/aromatic N) is 2. The van der Waals surface area contributed by atoms with Crippen molar-refractivity contribution in [2.24, 2.45) is 0 Å². The van der Waals surface area contributed by atoms with Gasteiger partial charge in [-0.05, 0) is 36.1 Å². The Balaban J connectivity index is 1.33. The van der Waals surface area contributed by atoms with Gasteiger partial charge in [0.1, 0.15) is 13.2 Å². The Bertz CT molecular complexity index is 1210. The van der Waals surface area contributed by atoms with Crippen LogP contribution in [-0.4, -0.2) is 47.3 Å². The van der Waals surface area contributed by atoms with E-state index in [1.54, 1.807) is 36.9 Å². The number of amides is 2. The Kier molecular flexibility index (Phi) is 11.7. The molecule has 2 heterocycles. The number of rotatable bonds is 14. The number of nitrogens with one attached hydrogen (secondary N) is 3. The molecule has 0 saturated carbocycles. The van der Waals surface area contributed by atoms with Crippen molar-refractivity contribution < 1.29 is 19.1 Å². The molecule has 0 aliphatic heterocycles. The average molecular weight is 554 g/mol. The van der Waals surface area contributed by atoms with E-state index in [4.69, 9.17) is 9.47 Å². The van der Waals surface area contributed by atoms with Gasteiger partial charge in [0.05, 0.1) is 0 Å². The van der Waals surface area contributed by atoms with Crippen LogP contribution in [0.3, 0.4) is 0 Å². The average Bonchev–Trinajstić information content (AvgIpc) is 3.01. The summed E-state index contributed by atoms with van der Waals surface area (Å²) in [5, 5.41) is 9.38. The normalized spacial score (nSPS) is 12.1. The highest BCUT2D eigenvalue weighted by Crippen LogP contribution is 2.07. The fraction of sp³-hybridized carbons (Fsp3) is 0.250. The molecule has 0 saturated heterocycles. The Morgan fingerprint density at radius 1 is 0.585 bits per heavy atom. The smallest absolute Gasteiger partial charge is 0.407 e. The van der Waals surface area contributed by atoms with E-state index in [1.165, 1.54) is 0 Å². The zero-order valence-electron chi connectivity index (χ0n) is 22.8. The van der Waals surface area contributed by atoms with E-state index in [2.05, 4.69) is 25.9 Å². The Morgan fingerprint density at radius 3 is 1.39 bits per heavy atom. The van der Waals surface area contributed by atoms with Crippen molar-refractivity contribution in [3.63, 3.8) is 0 Å². The Labute approximate surface area is 240 Å². The van der Waals surface area contributed by atoms with Gasteiger partial charge in [-0.3, -0.25) is 9.97 Å². The maximum atomic E-state index is 12.6. The molecule has 2 amide bonds. The van der Waals surface area contributed by atoms with Crippen molar-refractivity contribution in [1.82, 2.24) is 25.9 Å². The minimum atomic E-state index is -0.505. The van der Waals surface area contributed by atoms with Crippen LogP contribution in [-0.2, 0) is 35.5 Å². The quantitative estimate of drug-likeness (QED) is 0.212. The van der Waals surface area contributed by atoms with Crippen molar-refractivity contribution in [2.45, 2.75) is 38.1 Å². The third kappa shape index (κ3) is 11.1. The van der Waals surface area contributed by atoms with Crippen molar-refractivity contribution in [3.05, 3.63) is 132 Å². The van der Waals surface area contributed by atoms with Crippen LogP contribution in [0, 0.1) is 0 Å². The summed E-state index contributed by atoms with van der Waals surface area (Å²) in [4.78, 5) is 33.4. The lowest BCUT2D eigenvalue weighted by atomic mass is 10.0. The Hall–Kier alpha value is -4.76. The van der Waals surface area contributed by atoms with Crippen LogP contribution >= 0.6 is 0 Å². The number of ether oxygens (including phenoxy) is 2. The fourth-order valence-corrected chi connectivity index (χ4v) is 4.26. The molecule has 9 nitrogen and oxygen atoms in total. The number of carbonyl (C=O) groups is 2. The lowest BCUT2D eigenvalue weighted by Crippen LogP contribution is -2.48. The van der Waals surface area contributed by atoms with Gasteiger partial charge in [-0.2, -0.15) is 0 Å². The summed E-state index contributed by atoms with van der Waals surface area (Å²) in [6.45, 7) is 1.20. The maximum Gasteiger partial charge on any atom is 0.407 e. The van der Waals surface area contributed by atoms with Gasteiger partial charge in [0.25, 0.3) is 0 Å².